The van der Waals surface area contributed by atoms with E-state index in [1.165, 1.54) is 0 Å². The standard InChI is InChI=1S/C23H26O3S/c1-4-17-15-21(18-9-7-6-8-10-18)23(22(24)20(17)5-2)27(25,26)19-13-11-16(3)12-14-19/h6-14,21,23H,4-5,15H2,1-3H3/t21-,23-/m0/s1. The Hall–Kier alpha value is -2.20. The zero-order valence-corrected chi connectivity index (χ0v) is 16.9. The minimum atomic E-state index is -3.78. The number of carbonyl (C=O) groups is 1. The van der Waals surface area contributed by atoms with Gasteiger partial charge in [0.2, 0.25) is 0 Å². The SMILES string of the molecule is CCC1=C(CC)C(=O)[C@@H](S(=O)(=O)c2ccc(C)cc2)[C@H](c2ccccc2)C1. The molecule has 0 saturated heterocycles. The number of carbonyl (C=O) groups excluding carboxylic acids is 1. The summed E-state index contributed by atoms with van der Waals surface area (Å²) in [6.45, 7) is 5.89. The van der Waals surface area contributed by atoms with Crippen LogP contribution in [0, 0.1) is 6.92 Å². The van der Waals surface area contributed by atoms with Crippen LogP contribution in [0.25, 0.3) is 0 Å². The van der Waals surface area contributed by atoms with Crippen LogP contribution in [0.1, 0.15) is 50.2 Å². The van der Waals surface area contributed by atoms with Gasteiger partial charge in [0.15, 0.2) is 15.6 Å². The van der Waals surface area contributed by atoms with Crippen molar-refractivity contribution in [3.63, 3.8) is 0 Å². The smallest absolute Gasteiger partial charge is 0.189 e. The van der Waals surface area contributed by atoms with Crippen LogP contribution >= 0.6 is 0 Å². The van der Waals surface area contributed by atoms with Crippen molar-refractivity contribution in [2.75, 3.05) is 0 Å². The third kappa shape index (κ3) is 3.63. The Labute approximate surface area is 162 Å². The summed E-state index contributed by atoms with van der Waals surface area (Å²) in [7, 11) is -3.78. The minimum Gasteiger partial charge on any atom is -0.293 e. The summed E-state index contributed by atoms with van der Waals surface area (Å²) in [5.74, 6) is -0.578. The average molecular weight is 383 g/mol. The topological polar surface area (TPSA) is 51.2 Å². The Balaban J connectivity index is 2.17. The largest absolute Gasteiger partial charge is 0.293 e. The fourth-order valence-corrected chi connectivity index (χ4v) is 5.95. The average Bonchev–Trinajstić information content (AvgIpc) is 2.68. The van der Waals surface area contributed by atoms with Gasteiger partial charge in [-0.2, -0.15) is 0 Å². The van der Waals surface area contributed by atoms with Gasteiger partial charge in [-0.1, -0.05) is 67.4 Å². The number of ketones is 1. The number of sulfone groups is 1. The highest BCUT2D eigenvalue weighted by Gasteiger charge is 2.45. The molecule has 0 spiro atoms. The monoisotopic (exact) mass is 382 g/mol. The lowest BCUT2D eigenvalue weighted by Crippen LogP contribution is -2.40. The quantitative estimate of drug-likeness (QED) is 0.730. The molecule has 0 bridgehead atoms. The second-order valence-corrected chi connectivity index (χ2v) is 9.22. The highest BCUT2D eigenvalue weighted by molar-refractivity contribution is 7.93. The van der Waals surface area contributed by atoms with Crippen molar-refractivity contribution >= 4 is 15.6 Å². The fourth-order valence-electron chi connectivity index (χ4n) is 4.03. The first-order chi connectivity index (χ1) is 12.9. The van der Waals surface area contributed by atoms with Gasteiger partial charge in [-0.15, -0.1) is 0 Å². The van der Waals surface area contributed by atoms with Crippen LogP contribution in [0.2, 0.25) is 0 Å². The van der Waals surface area contributed by atoms with Crippen molar-refractivity contribution in [3.8, 4) is 0 Å². The van der Waals surface area contributed by atoms with Crippen LogP contribution in [-0.4, -0.2) is 19.5 Å². The van der Waals surface area contributed by atoms with Gasteiger partial charge in [-0.3, -0.25) is 4.79 Å². The third-order valence-corrected chi connectivity index (χ3v) is 7.65. The van der Waals surface area contributed by atoms with Crippen molar-refractivity contribution in [2.45, 2.75) is 56.1 Å². The van der Waals surface area contributed by atoms with E-state index in [0.717, 1.165) is 23.1 Å². The summed E-state index contributed by atoms with van der Waals surface area (Å²) in [5, 5.41) is -1.06. The maximum absolute atomic E-state index is 13.5. The van der Waals surface area contributed by atoms with Crippen LogP contribution in [0.15, 0.2) is 70.6 Å². The van der Waals surface area contributed by atoms with Gasteiger partial charge in [0.25, 0.3) is 0 Å². The Kier molecular flexibility index (Phi) is 5.66. The molecule has 0 saturated carbocycles. The molecule has 3 nitrogen and oxygen atoms in total. The van der Waals surface area contributed by atoms with Gasteiger partial charge in [0.1, 0.15) is 5.25 Å². The second-order valence-electron chi connectivity index (χ2n) is 7.15. The molecule has 4 heteroatoms. The van der Waals surface area contributed by atoms with Crippen LogP contribution in [0.5, 0.6) is 0 Å². The van der Waals surface area contributed by atoms with Crippen molar-refractivity contribution in [1.29, 1.82) is 0 Å². The van der Waals surface area contributed by atoms with Gasteiger partial charge in [-0.05, 0) is 49.5 Å². The molecule has 0 aromatic heterocycles. The van der Waals surface area contributed by atoms with Crippen molar-refractivity contribution in [3.05, 3.63) is 76.9 Å². The Morgan fingerprint density at radius 2 is 1.56 bits per heavy atom. The van der Waals surface area contributed by atoms with Crippen LogP contribution in [0.3, 0.4) is 0 Å². The van der Waals surface area contributed by atoms with Crippen LogP contribution in [-0.2, 0) is 14.6 Å². The zero-order chi connectivity index (χ0) is 19.6. The zero-order valence-electron chi connectivity index (χ0n) is 16.1. The first-order valence-electron chi connectivity index (χ1n) is 9.50. The molecule has 1 aliphatic rings. The lowest BCUT2D eigenvalue weighted by Gasteiger charge is -2.33. The first-order valence-corrected chi connectivity index (χ1v) is 11.0. The Morgan fingerprint density at radius 3 is 2.11 bits per heavy atom. The van der Waals surface area contributed by atoms with Gasteiger partial charge in [-0.25, -0.2) is 8.42 Å². The third-order valence-electron chi connectivity index (χ3n) is 5.51. The van der Waals surface area contributed by atoms with E-state index in [9.17, 15) is 13.2 Å². The number of aryl methyl sites for hydroxylation is 1. The van der Waals surface area contributed by atoms with Gasteiger partial charge in [0, 0.05) is 5.92 Å². The molecule has 2 aromatic rings. The molecule has 3 rings (SSSR count). The first kappa shape index (κ1) is 19.6. The van der Waals surface area contributed by atoms with E-state index in [2.05, 4.69) is 0 Å². The maximum atomic E-state index is 13.5. The maximum Gasteiger partial charge on any atom is 0.189 e. The van der Waals surface area contributed by atoms with E-state index in [0.29, 0.717) is 18.4 Å². The van der Waals surface area contributed by atoms with Crippen molar-refractivity contribution in [1.82, 2.24) is 0 Å². The van der Waals surface area contributed by atoms with Crippen molar-refractivity contribution in [2.24, 2.45) is 0 Å². The molecule has 0 fully saturated rings. The van der Waals surface area contributed by atoms with Gasteiger partial charge in [0.05, 0.1) is 4.90 Å². The summed E-state index contributed by atoms with van der Waals surface area (Å²) >= 11 is 0. The highest BCUT2D eigenvalue weighted by Crippen LogP contribution is 2.42. The molecule has 0 radical (unpaired) electrons. The molecule has 0 amide bonds. The summed E-state index contributed by atoms with van der Waals surface area (Å²) in [6.07, 6.45) is 1.96. The van der Waals surface area contributed by atoms with E-state index in [1.54, 1.807) is 24.3 Å². The molecule has 142 valence electrons. The number of Topliss-reactive ketones (excluding diaryl/α,β-unsaturated/α-hetero) is 1. The number of benzene rings is 2. The van der Waals surface area contributed by atoms with Crippen LogP contribution in [0.4, 0.5) is 0 Å². The fraction of sp³-hybridized carbons (Fsp3) is 0.348. The summed E-state index contributed by atoms with van der Waals surface area (Å²) in [4.78, 5) is 13.6. The molecule has 1 aliphatic carbocycles. The van der Waals surface area contributed by atoms with E-state index in [1.807, 2.05) is 51.1 Å². The number of hydrogen-bond donors (Lipinski definition) is 0. The van der Waals surface area contributed by atoms with Gasteiger partial charge >= 0.3 is 0 Å². The van der Waals surface area contributed by atoms with Gasteiger partial charge < -0.3 is 0 Å². The molecular formula is C23H26O3S. The summed E-state index contributed by atoms with van der Waals surface area (Å²) in [6, 6.07) is 16.4. The normalized spacial score (nSPS) is 20.8. The molecular weight excluding hydrogens is 356 g/mol. The molecule has 0 unspecified atom stereocenters. The van der Waals surface area contributed by atoms with E-state index in [4.69, 9.17) is 0 Å². The lowest BCUT2D eigenvalue weighted by atomic mass is 9.77. The van der Waals surface area contributed by atoms with Crippen LogP contribution < -0.4 is 0 Å². The van der Waals surface area contributed by atoms with E-state index < -0.39 is 15.1 Å². The molecule has 0 N–H and O–H groups in total. The summed E-state index contributed by atoms with van der Waals surface area (Å²) < 4.78 is 27.0. The Bertz CT molecular complexity index is 954. The minimum absolute atomic E-state index is 0.225. The molecule has 27 heavy (non-hydrogen) atoms. The molecule has 2 atom stereocenters. The number of allylic oxidation sites excluding steroid dienone is 2. The van der Waals surface area contributed by atoms with E-state index >= 15 is 0 Å². The second kappa shape index (κ2) is 7.81. The van der Waals surface area contributed by atoms with E-state index in [-0.39, 0.29) is 16.6 Å². The number of hydrogen-bond acceptors (Lipinski definition) is 3. The highest BCUT2D eigenvalue weighted by atomic mass is 32.2. The molecule has 0 aliphatic heterocycles. The van der Waals surface area contributed by atoms with Crippen molar-refractivity contribution < 1.29 is 13.2 Å². The predicted octanol–water partition coefficient (Wildman–Crippen LogP) is 5.01. The Morgan fingerprint density at radius 1 is 0.926 bits per heavy atom. The molecule has 0 heterocycles. The molecule has 2 aromatic carbocycles. The number of rotatable bonds is 5. The predicted molar refractivity (Wildman–Crippen MR) is 109 cm³/mol. The lowest BCUT2D eigenvalue weighted by molar-refractivity contribution is -0.116. The summed E-state index contributed by atoms with van der Waals surface area (Å²) in [5.41, 5.74) is 3.69.